The van der Waals surface area contributed by atoms with E-state index in [9.17, 15) is 13.2 Å². The maximum absolute atomic E-state index is 12.1. The van der Waals surface area contributed by atoms with Crippen molar-refractivity contribution in [3.8, 4) is 0 Å². The summed E-state index contributed by atoms with van der Waals surface area (Å²) in [5.74, 6) is 0.0530. The van der Waals surface area contributed by atoms with Crippen LogP contribution in [0.2, 0.25) is 0 Å². The molecular formula is C15H23NO4S. The van der Waals surface area contributed by atoms with Crippen LogP contribution in [0.5, 0.6) is 0 Å². The summed E-state index contributed by atoms with van der Waals surface area (Å²) >= 11 is 0. The Morgan fingerprint density at radius 3 is 2.38 bits per heavy atom. The molecule has 0 atom stereocenters. The fourth-order valence-electron chi connectivity index (χ4n) is 1.79. The van der Waals surface area contributed by atoms with Gasteiger partial charge in [-0.1, -0.05) is 26.0 Å². The van der Waals surface area contributed by atoms with Crippen molar-refractivity contribution in [1.82, 2.24) is 4.72 Å². The van der Waals surface area contributed by atoms with Gasteiger partial charge in [0.1, 0.15) is 0 Å². The fourth-order valence-corrected chi connectivity index (χ4v) is 2.86. The number of ether oxygens (including phenoxy) is 1. The number of rotatable bonds is 8. The lowest BCUT2D eigenvalue weighted by Gasteiger charge is -2.09. The molecule has 118 valence electrons. The average Bonchev–Trinajstić information content (AvgIpc) is 2.44. The highest BCUT2D eigenvalue weighted by atomic mass is 32.2. The van der Waals surface area contributed by atoms with Gasteiger partial charge in [0.15, 0.2) is 0 Å². The molecule has 0 fully saturated rings. The molecule has 0 aliphatic carbocycles. The summed E-state index contributed by atoms with van der Waals surface area (Å²) < 4.78 is 31.4. The molecule has 0 aliphatic rings. The lowest BCUT2D eigenvalue weighted by atomic mass is 10.0. The Bertz CT molecular complexity index is 550. The highest BCUT2D eigenvalue weighted by Gasteiger charge is 2.13. The van der Waals surface area contributed by atoms with Crippen molar-refractivity contribution in [2.75, 3.05) is 13.2 Å². The molecule has 6 heteroatoms. The van der Waals surface area contributed by atoms with Crippen LogP contribution < -0.4 is 4.72 Å². The molecule has 0 bridgehead atoms. The zero-order chi connectivity index (χ0) is 15.9. The highest BCUT2D eigenvalue weighted by Crippen LogP contribution is 2.17. The van der Waals surface area contributed by atoms with Crippen molar-refractivity contribution in [1.29, 1.82) is 0 Å². The second-order valence-electron chi connectivity index (χ2n) is 5.03. The molecule has 1 aromatic rings. The quantitative estimate of drug-likeness (QED) is 0.591. The Hall–Kier alpha value is -1.40. The van der Waals surface area contributed by atoms with Crippen molar-refractivity contribution >= 4 is 16.0 Å². The van der Waals surface area contributed by atoms with Crippen LogP contribution in [0.1, 0.15) is 45.1 Å². The molecule has 1 rings (SSSR count). The topological polar surface area (TPSA) is 72.5 Å². The lowest BCUT2D eigenvalue weighted by Crippen LogP contribution is -2.25. The first-order valence-corrected chi connectivity index (χ1v) is 8.60. The smallest absolute Gasteiger partial charge is 0.305 e. The standard InChI is InChI=1S/C15H23NO4S/c1-4-20-15(17)6-5-11-16-21(18,19)14-9-7-13(8-10-14)12(2)3/h7-10,12,16H,4-6,11H2,1-3H3. The van der Waals surface area contributed by atoms with Crippen molar-refractivity contribution in [3.05, 3.63) is 29.8 Å². The Morgan fingerprint density at radius 1 is 1.24 bits per heavy atom. The molecule has 0 aromatic heterocycles. The van der Waals surface area contributed by atoms with Crippen LogP contribution in [0.3, 0.4) is 0 Å². The van der Waals surface area contributed by atoms with Crippen LogP contribution >= 0.6 is 0 Å². The third-order valence-electron chi connectivity index (χ3n) is 3.01. The summed E-state index contributed by atoms with van der Waals surface area (Å²) in [7, 11) is -3.52. The Kier molecular flexibility index (Phi) is 6.84. The van der Waals surface area contributed by atoms with E-state index in [0.717, 1.165) is 5.56 Å². The molecule has 0 saturated heterocycles. The zero-order valence-electron chi connectivity index (χ0n) is 12.8. The van der Waals surface area contributed by atoms with Crippen molar-refractivity contribution in [3.63, 3.8) is 0 Å². The van der Waals surface area contributed by atoms with Gasteiger partial charge in [-0.15, -0.1) is 0 Å². The summed E-state index contributed by atoms with van der Waals surface area (Å²) in [5.41, 5.74) is 1.09. The van der Waals surface area contributed by atoms with Gasteiger partial charge in [-0.2, -0.15) is 0 Å². The molecule has 0 amide bonds. The number of esters is 1. The number of hydrogen-bond donors (Lipinski definition) is 1. The first-order valence-electron chi connectivity index (χ1n) is 7.12. The Balaban J connectivity index is 2.51. The summed E-state index contributed by atoms with van der Waals surface area (Å²) in [4.78, 5) is 11.4. The predicted molar refractivity (Wildman–Crippen MR) is 81.6 cm³/mol. The predicted octanol–water partition coefficient (Wildman–Crippen LogP) is 2.43. The van der Waals surface area contributed by atoms with Gasteiger partial charge in [0, 0.05) is 13.0 Å². The number of benzene rings is 1. The monoisotopic (exact) mass is 313 g/mol. The maximum atomic E-state index is 12.1. The van der Waals surface area contributed by atoms with Gasteiger partial charge in [0.25, 0.3) is 0 Å². The highest BCUT2D eigenvalue weighted by molar-refractivity contribution is 7.89. The van der Waals surface area contributed by atoms with Gasteiger partial charge in [0.05, 0.1) is 11.5 Å². The summed E-state index contributed by atoms with van der Waals surface area (Å²) in [5, 5.41) is 0. The Labute approximate surface area is 126 Å². The molecule has 0 aliphatic heterocycles. The summed E-state index contributed by atoms with van der Waals surface area (Å²) in [6.45, 7) is 6.40. The molecule has 0 saturated carbocycles. The van der Waals surface area contributed by atoms with Crippen molar-refractivity contribution in [2.24, 2.45) is 0 Å². The van der Waals surface area contributed by atoms with E-state index in [1.165, 1.54) is 0 Å². The molecular weight excluding hydrogens is 290 g/mol. The minimum absolute atomic E-state index is 0.211. The molecule has 1 N–H and O–H groups in total. The summed E-state index contributed by atoms with van der Waals surface area (Å²) in [6.07, 6.45) is 0.630. The van der Waals surface area contributed by atoms with E-state index in [1.54, 1.807) is 19.1 Å². The van der Waals surface area contributed by atoms with Gasteiger partial charge in [-0.05, 0) is 37.0 Å². The van der Waals surface area contributed by atoms with E-state index < -0.39 is 10.0 Å². The van der Waals surface area contributed by atoms with E-state index in [2.05, 4.69) is 18.6 Å². The van der Waals surface area contributed by atoms with Crippen LogP contribution in [0.15, 0.2) is 29.2 Å². The first-order chi connectivity index (χ1) is 9.86. The molecule has 5 nitrogen and oxygen atoms in total. The Morgan fingerprint density at radius 2 is 1.86 bits per heavy atom. The van der Waals surface area contributed by atoms with Gasteiger partial charge < -0.3 is 4.74 Å². The molecule has 0 unspecified atom stereocenters. The minimum atomic E-state index is -3.52. The van der Waals surface area contributed by atoms with Gasteiger partial charge >= 0.3 is 5.97 Å². The third kappa shape index (κ3) is 5.85. The van der Waals surface area contributed by atoms with Gasteiger partial charge in [-0.3, -0.25) is 4.79 Å². The molecule has 1 aromatic carbocycles. The van der Waals surface area contributed by atoms with E-state index >= 15 is 0 Å². The minimum Gasteiger partial charge on any atom is -0.466 e. The van der Waals surface area contributed by atoms with Gasteiger partial charge in [-0.25, -0.2) is 13.1 Å². The number of hydrogen-bond acceptors (Lipinski definition) is 4. The van der Waals surface area contributed by atoms with Crippen LogP contribution in [0.4, 0.5) is 0 Å². The van der Waals surface area contributed by atoms with Crippen molar-refractivity contribution in [2.45, 2.75) is 44.4 Å². The average molecular weight is 313 g/mol. The van der Waals surface area contributed by atoms with E-state index in [0.29, 0.717) is 18.9 Å². The van der Waals surface area contributed by atoms with E-state index in [-0.39, 0.29) is 23.8 Å². The largest absolute Gasteiger partial charge is 0.466 e. The number of carbonyl (C=O) groups is 1. The molecule has 0 heterocycles. The van der Waals surface area contributed by atoms with Crippen LogP contribution in [0, 0.1) is 0 Å². The maximum Gasteiger partial charge on any atom is 0.305 e. The lowest BCUT2D eigenvalue weighted by molar-refractivity contribution is -0.143. The van der Waals surface area contributed by atoms with E-state index in [1.807, 2.05) is 12.1 Å². The number of nitrogens with one attached hydrogen (secondary N) is 1. The molecule has 21 heavy (non-hydrogen) atoms. The molecule has 0 spiro atoms. The van der Waals surface area contributed by atoms with Crippen molar-refractivity contribution < 1.29 is 17.9 Å². The van der Waals surface area contributed by atoms with Crippen LogP contribution in [-0.4, -0.2) is 27.5 Å². The SMILES string of the molecule is CCOC(=O)CCCNS(=O)(=O)c1ccc(C(C)C)cc1. The summed E-state index contributed by atoms with van der Waals surface area (Å²) in [6, 6.07) is 6.84. The van der Waals surface area contributed by atoms with Gasteiger partial charge in [0.2, 0.25) is 10.0 Å². The third-order valence-corrected chi connectivity index (χ3v) is 4.49. The normalized spacial score (nSPS) is 11.6. The second kappa shape index (κ2) is 8.14. The van der Waals surface area contributed by atoms with Crippen LogP contribution in [-0.2, 0) is 19.6 Å². The molecule has 0 radical (unpaired) electrons. The van der Waals surface area contributed by atoms with E-state index in [4.69, 9.17) is 4.74 Å². The zero-order valence-corrected chi connectivity index (χ0v) is 13.6. The second-order valence-corrected chi connectivity index (χ2v) is 6.80. The number of carbonyl (C=O) groups excluding carboxylic acids is 1. The first kappa shape index (κ1) is 17.7. The van der Waals surface area contributed by atoms with Crippen LogP contribution in [0.25, 0.3) is 0 Å². The fraction of sp³-hybridized carbons (Fsp3) is 0.533. The number of sulfonamides is 1.